The minimum absolute atomic E-state index is 0.0142. The summed E-state index contributed by atoms with van der Waals surface area (Å²) in [5, 5.41) is 1.15. The van der Waals surface area contributed by atoms with Crippen LogP contribution in [0.15, 0.2) is 28.7 Å². The van der Waals surface area contributed by atoms with Crippen LogP contribution in [-0.2, 0) is 16.4 Å². The minimum atomic E-state index is -2.83. The van der Waals surface area contributed by atoms with Gasteiger partial charge in [0.15, 0.2) is 9.84 Å². The Morgan fingerprint density at radius 1 is 1.26 bits per heavy atom. The molecule has 0 N–H and O–H groups in total. The Morgan fingerprint density at radius 2 is 2.13 bits per heavy atom. The van der Waals surface area contributed by atoms with Crippen LogP contribution in [0, 0.1) is 12.3 Å². The first-order chi connectivity index (χ1) is 10.9. The molecule has 1 spiro atoms. The smallest absolute Gasteiger partial charge is 0.150 e. The number of hydrogen-bond donors (Lipinski definition) is 0. The number of likely N-dealkylation sites (tertiary alicyclic amines) is 1. The third kappa shape index (κ3) is 3.04. The zero-order valence-electron chi connectivity index (χ0n) is 13.5. The van der Waals surface area contributed by atoms with Gasteiger partial charge in [0, 0.05) is 11.9 Å². The topological polar surface area (TPSA) is 50.5 Å². The highest BCUT2D eigenvalue weighted by atomic mass is 32.2. The molecule has 5 heteroatoms. The molecule has 1 unspecified atom stereocenters. The summed E-state index contributed by atoms with van der Waals surface area (Å²) in [5.41, 5.74) is 2.15. The quantitative estimate of drug-likeness (QED) is 0.847. The second-order valence-corrected chi connectivity index (χ2v) is 9.59. The second-order valence-electron chi connectivity index (χ2n) is 7.41. The van der Waals surface area contributed by atoms with Gasteiger partial charge in [-0.05, 0) is 56.3 Å². The van der Waals surface area contributed by atoms with E-state index in [1.54, 1.807) is 0 Å². The summed E-state index contributed by atoms with van der Waals surface area (Å²) < 4.78 is 29.7. The standard InChI is InChI=1S/C18H23NO3S/c1-14-3-4-17-15(9-14)10-16(22-17)11-19-7-2-5-18(12-19)6-8-23(20,21)13-18/h3-4,9-10H,2,5-8,11-13H2,1H3. The Morgan fingerprint density at radius 3 is 2.91 bits per heavy atom. The highest BCUT2D eigenvalue weighted by Gasteiger charge is 2.44. The van der Waals surface area contributed by atoms with Crippen LogP contribution in [0.1, 0.15) is 30.6 Å². The molecule has 2 aliphatic rings. The zero-order valence-corrected chi connectivity index (χ0v) is 14.4. The van der Waals surface area contributed by atoms with Crippen molar-refractivity contribution in [3.8, 4) is 0 Å². The van der Waals surface area contributed by atoms with Crippen LogP contribution in [0.3, 0.4) is 0 Å². The average Bonchev–Trinajstić information content (AvgIpc) is 2.99. The first-order valence-corrected chi connectivity index (χ1v) is 10.2. The summed E-state index contributed by atoms with van der Waals surface area (Å²) in [6, 6.07) is 8.35. The summed E-state index contributed by atoms with van der Waals surface area (Å²) >= 11 is 0. The van der Waals surface area contributed by atoms with Gasteiger partial charge in [-0.2, -0.15) is 0 Å². The molecule has 2 saturated heterocycles. The van der Waals surface area contributed by atoms with Crippen molar-refractivity contribution in [2.24, 2.45) is 5.41 Å². The van der Waals surface area contributed by atoms with Crippen molar-refractivity contribution in [1.29, 1.82) is 0 Å². The molecule has 0 radical (unpaired) electrons. The highest BCUT2D eigenvalue weighted by molar-refractivity contribution is 7.91. The van der Waals surface area contributed by atoms with Gasteiger partial charge in [-0.25, -0.2) is 8.42 Å². The molecule has 0 amide bonds. The number of hydrogen-bond acceptors (Lipinski definition) is 4. The van der Waals surface area contributed by atoms with Crippen LogP contribution in [0.2, 0.25) is 0 Å². The number of furan rings is 1. The molecule has 0 bridgehead atoms. The lowest BCUT2D eigenvalue weighted by Crippen LogP contribution is -2.43. The lowest BCUT2D eigenvalue weighted by atomic mass is 9.79. The number of aryl methyl sites for hydroxylation is 1. The summed E-state index contributed by atoms with van der Waals surface area (Å²) in [6.07, 6.45) is 2.95. The van der Waals surface area contributed by atoms with E-state index in [2.05, 4.69) is 30.0 Å². The Balaban J connectivity index is 1.51. The molecule has 3 heterocycles. The van der Waals surface area contributed by atoms with Gasteiger partial charge < -0.3 is 4.42 Å². The maximum Gasteiger partial charge on any atom is 0.150 e. The molecule has 4 nitrogen and oxygen atoms in total. The summed E-state index contributed by atoms with van der Waals surface area (Å²) in [4.78, 5) is 2.37. The van der Waals surface area contributed by atoms with Crippen LogP contribution in [0.25, 0.3) is 11.0 Å². The Kier molecular flexibility index (Phi) is 3.54. The number of fused-ring (bicyclic) bond motifs is 1. The van der Waals surface area contributed by atoms with Crippen molar-refractivity contribution in [3.63, 3.8) is 0 Å². The molecule has 2 aliphatic heterocycles. The molecular formula is C18H23NO3S. The fourth-order valence-corrected chi connectivity index (χ4v) is 6.47. The Labute approximate surface area is 137 Å². The fraction of sp³-hybridized carbons (Fsp3) is 0.556. The zero-order chi connectivity index (χ0) is 16.1. The predicted molar refractivity (Wildman–Crippen MR) is 91.2 cm³/mol. The molecule has 124 valence electrons. The molecule has 4 rings (SSSR count). The lowest BCUT2D eigenvalue weighted by molar-refractivity contribution is 0.0968. The third-order valence-electron chi connectivity index (χ3n) is 5.31. The van der Waals surface area contributed by atoms with E-state index < -0.39 is 9.84 Å². The lowest BCUT2D eigenvalue weighted by Gasteiger charge is -2.39. The van der Waals surface area contributed by atoms with Gasteiger partial charge in [0.2, 0.25) is 0 Å². The first kappa shape index (κ1) is 15.2. The van der Waals surface area contributed by atoms with Crippen LogP contribution < -0.4 is 0 Å². The van der Waals surface area contributed by atoms with E-state index in [0.29, 0.717) is 11.5 Å². The molecule has 1 aromatic carbocycles. The molecule has 0 aliphatic carbocycles. The molecule has 0 saturated carbocycles. The van der Waals surface area contributed by atoms with Crippen molar-refractivity contribution in [3.05, 3.63) is 35.6 Å². The van der Waals surface area contributed by atoms with Crippen LogP contribution in [0.5, 0.6) is 0 Å². The Bertz CT molecular complexity index is 839. The molecule has 2 fully saturated rings. The van der Waals surface area contributed by atoms with Crippen LogP contribution in [0.4, 0.5) is 0 Å². The van der Waals surface area contributed by atoms with E-state index in [-0.39, 0.29) is 5.41 Å². The van der Waals surface area contributed by atoms with Crippen molar-refractivity contribution in [2.45, 2.75) is 32.7 Å². The highest BCUT2D eigenvalue weighted by Crippen LogP contribution is 2.40. The molecule has 2 aromatic rings. The van der Waals surface area contributed by atoms with E-state index in [1.165, 1.54) is 5.56 Å². The number of rotatable bonds is 2. The van der Waals surface area contributed by atoms with Crippen molar-refractivity contribution in [2.75, 3.05) is 24.6 Å². The maximum absolute atomic E-state index is 11.9. The second kappa shape index (κ2) is 5.35. The first-order valence-electron chi connectivity index (χ1n) is 8.35. The van der Waals surface area contributed by atoms with Crippen LogP contribution in [-0.4, -0.2) is 37.9 Å². The SMILES string of the molecule is Cc1ccc2oc(CN3CCCC4(CCS(=O)(=O)C4)C3)cc2c1. The van der Waals surface area contributed by atoms with Gasteiger partial charge in [-0.1, -0.05) is 11.6 Å². The van der Waals surface area contributed by atoms with Gasteiger partial charge >= 0.3 is 0 Å². The summed E-state index contributed by atoms with van der Waals surface area (Å²) in [6.45, 7) is 4.76. The maximum atomic E-state index is 11.9. The minimum Gasteiger partial charge on any atom is -0.460 e. The average molecular weight is 333 g/mol. The predicted octanol–water partition coefficient (Wildman–Crippen LogP) is 3.14. The van der Waals surface area contributed by atoms with Crippen molar-refractivity contribution < 1.29 is 12.8 Å². The molecule has 1 atom stereocenters. The van der Waals surface area contributed by atoms with E-state index in [4.69, 9.17) is 4.42 Å². The van der Waals surface area contributed by atoms with E-state index in [1.807, 2.05) is 6.07 Å². The molecular weight excluding hydrogens is 310 g/mol. The van der Waals surface area contributed by atoms with Gasteiger partial charge in [-0.3, -0.25) is 4.90 Å². The van der Waals surface area contributed by atoms with Gasteiger partial charge in [0.25, 0.3) is 0 Å². The molecule has 1 aromatic heterocycles. The number of piperidine rings is 1. The summed E-state index contributed by atoms with van der Waals surface area (Å²) in [7, 11) is -2.83. The van der Waals surface area contributed by atoms with E-state index in [9.17, 15) is 8.42 Å². The Hall–Kier alpha value is -1.33. The van der Waals surface area contributed by atoms with Gasteiger partial charge in [0.05, 0.1) is 18.1 Å². The van der Waals surface area contributed by atoms with Crippen molar-refractivity contribution >= 4 is 20.8 Å². The summed E-state index contributed by atoms with van der Waals surface area (Å²) in [5.74, 6) is 1.71. The largest absolute Gasteiger partial charge is 0.460 e. The van der Waals surface area contributed by atoms with Crippen LogP contribution >= 0.6 is 0 Å². The van der Waals surface area contributed by atoms with E-state index in [0.717, 1.165) is 55.6 Å². The number of sulfone groups is 1. The monoisotopic (exact) mass is 333 g/mol. The number of nitrogens with zero attached hydrogens (tertiary/aromatic N) is 1. The third-order valence-corrected chi connectivity index (χ3v) is 7.19. The van der Waals surface area contributed by atoms with Gasteiger partial charge in [0.1, 0.15) is 11.3 Å². The van der Waals surface area contributed by atoms with E-state index >= 15 is 0 Å². The van der Waals surface area contributed by atoms with Gasteiger partial charge in [-0.15, -0.1) is 0 Å². The normalized spacial score (nSPS) is 27.9. The fourth-order valence-electron chi connectivity index (χ4n) is 4.27. The molecule has 23 heavy (non-hydrogen) atoms. The number of benzene rings is 1. The van der Waals surface area contributed by atoms with Crippen molar-refractivity contribution in [1.82, 2.24) is 4.90 Å².